The fraction of sp³-hybridized carbons (Fsp3) is 0.261. The number of hydrogen-bond donors (Lipinski definition) is 3. The van der Waals surface area contributed by atoms with E-state index in [0.29, 0.717) is 24.2 Å². The molecule has 0 atom stereocenters. The predicted octanol–water partition coefficient (Wildman–Crippen LogP) is 3.39. The molecule has 3 aromatic rings. The molecule has 1 aliphatic carbocycles. The van der Waals surface area contributed by atoms with Crippen molar-refractivity contribution in [3.8, 4) is 11.3 Å². The first-order valence-corrected chi connectivity index (χ1v) is 9.97. The van der Waals surface area contributed by atoms with Crippen LogP contribution in [0.5, 0.6) is 0 Å². The van der Waals surface area contributed by atoms with Crippen LogP contribution in [0.1, 0.15) is 41.6 Å². The van der Waals surface area contributed by atoms with E-state index in [2.05, 4.69) is 15.5 Å². The van der Waals surface area contributed by atoms with Crippen molar-refractivity contribution in [2.75, 3.05) is 5.32 Å². The van der Waals surface area contributed by atoms with Gasteiger partial charge < -0.3 is 15.2 Å². The van der Waals surface area contributed by atoms with Crippen molar-refractivity contribution in [1.82, 2.24) is 10.2 Å². The molecule has 1 aliphatic heterocycles. The number of rotatable bonds is 3. The number of nitrogens with one attached hydrogen (secondary N) is 2. The molecule has 0 radical (unpaired) electrons. The molecule has 0 saturated heterocycles. The van der Waals surface area contributed by atoms with Gasteiger partial charge in [-0.25, -0.2) is 4.79 Å². The second-order valence-electron chi connectivity index (χ2n) is 7.95. The lowest BCUT2D eigenvalue weighted by molar-refractivity contribution is -0.144. The average molecular weight is 403 g/mol. The van der Waals surface area contributed by atoms with Crippen LogP contribution in [0, 0.1) is 0 Å². The quantitative estimate of drug-likeness (QED) is 0.582. The highest BCUT2D eigenvalue weighted by atomic mass is 16.6. The molecule has 30 heavy (non-hydrogen) atoms. The van der Waals surface area contributed by atoms with Gasteiger partial charge in [0.05, 0.1) is 11.3 Å². The molecule has 7 nitrogen and oxygen atoms in total. The molecule has 2 aromatic carbocycles. The van der Waals surface area contributed by atoms with Gasteiger partial charge in [-0.2, -0.15) is 5.10 Å². The summed E-state index contributed by atoms with van der Waals surface area (Å²) < 4.78 is 5.70. The summed E-state index contributed by atoms with van der Waals surface area (Å²) in [5, 5.41) is 20.7. The number of carbonyl (C=O) groups is 2. The number of carbonyl (C=O) groups excluding carboxylic acids is 2. The van der Waals surface area contributed by atoms with Gasteiger partial charge in [-0.05, 0) is 37.3 Å². The van der Waals surface area contributed by atoms with E-state index in [0.717, 1.165) is 16.8 Å². The second kappa shape index (κ2) is 6.81. The highest BCUT2D eigenvalue weighted by Crippen LogP contribution is 2.49. The van der Waals surface area contributed by atoms with E-state index in [-0.39, 0.29) is 18.8 Å². The van der Waals surface area contributed by atoms with Gasteiger partial charge in [-0.3, -0.25) is 9.89 Å². The third-order valence-corrected chi connectivity index (χ3v) is 6.14. The molecule has 5 rings (SSSR count). The summed E-state index contributed by atoms with van der Waals surface area (Å²) in [6.45, 7) is 0. The van der Waals surface area contributed by atoms with Crippen LogP contribution >= 0.6 is 0 Å². The number of esters is 1. The van der Waals surface area contributed by atoms with Crippen molar-refractivity contribution in [1.29, 1.82) is 0 Å². The zero-order chi connectivity index (χ0) is 20.8. The SMILES string of the molecule is O=C1O[C@]2(CC[C@@](O)(C(=O)Nc3cc(-c4ccccc4)[nH]n3)CC2)c2ccccc21. The highest BCUT2D eigenvalue weighted by molar-refractivity contribution is 5.97. The van der Waals surface area contributed by atoms with E-state index < -0.39 is 17.1 Å². The number of amides is 1. The van der Waals surface area contributed by atoms with Gasteiger partial charge in [0.25, 0.3) is 5.91 Å². The number of ether oxygens (including phenoxy) is 1. The molecule has 3 N–H and O–H groups in total. The fourth-order valence-electron chi connectivity index (χ4n) is 4.40. The molecule has 152 valence electrons. The Kier molecular flexibility index (Phi) is 4.22. The van der Waals surface area contributed by atoms with Crippen LogP contribution in [0.2, 0.25) is 0 Å². The first kappa shape index (κ1) is 18.6. The Labute approximate surface area is 173 Å². The number of fused-ring (bicyclic) bond motifs is 2. The molecule has 2 heterocycles. The summed E-state index contributed by atoms with van der Waals surface area (Å²) in [6.07, 6.45) is 1.15. The van der Waals surface area contributed by atoms with Crippen molar-refractivity contribution in [3.63, 3.8) is 0 Å². The lowest BCUT2D eigenvalue weighted by Gasteiger charge is -2.40. The van der Waals surface area contributed by atoms with Gasteiger partial charge in [0, 0.05) is 11.6 Å². The number of anilines is 1. The number of aromatic nitrogens is 2. The molecule has 1 aromatic heterocycles. The van der Waals surface area contributed by atoms with E-state index in [9.17, 15) is 14.7 Å². The van der Waals surface area contributed by atoms with E-state index in [1.165, 1.54) is 0 Å². The number of nitrogens with zero attached hydrogens (tertiary/aromatic N) is 1. The first-order chi connectivity index (χ1) is 14.5. The van der Waals surface area contributed by atoms with Crippen molar-refractivity contribution in [2.24, 2.45) is 0 Å². The molecule has 7 heteroatoms. The Balaban J connectivity index is 1.29. The van der Waals surface area contributed by atoms with Gasteiger partial charge >= 0.3 is 5.97 Å². The lowest BCUT2D eigenvalue weighted by atomic mass is 9.72. The van der Waals surface area contributed by atoms with Crippen molar-refractivity contribution in [3.05, 3.63) is 71.8 Å². The first-order valence-electron chi connectivity index (χ1n) is 9.97. The Morgan fingerprint density at radius 3 is 2.50 bits per heavy atom. The van der Waals surface area contributed by atoms with E-state index in [1.54, 1.807) is 18.2 Å². The maximum atomic E-state index is 12.8. The molecule has 2 aliphatic rings. The molecule has 0 unspecified atom stereocenters. The molecule has 1 saturated carbocycles. The van der Waals surface area contributed by atoms with Crippen LogP contribution in [0.15, 0.2) is 60.7 Å². The van der Waals surface area contributed by atoms with Crippen molar-refractivity contribution in [2.45, 2.75) is 36.9 Å². The standard InChI is InChI=1S/C23H21N3O4/c27-20-16-8-4-5-9-17(16)23(30-20)12-10-22(29,11-13-23)21(28)24-19-14-18(25-26-19)15-6-2-1-3-7-15/h1-9,14,29H,10-13H2,(H2,24,25,26,28)/t22-,23-. The number of aromatic amines is 1. The van der Waals surface area contributed by atoms with Crippen LogP contribution in [-0.4, -0.2) is 32.8 Å². The maximum absolute atomic E-state index is 12.8. The van der Waals surface area contributed by atoms with Gasteiger partial charge in [0.15, 0.2) is 5.82 Å². The number of aliphatic hydroxyl groups is 1. The van der Waals surface area contributed by atoms with Crippen molar-refractivity contribution < 1.29 is 19.4 Å². The normalized spacial score (nSPS) is 25.0. The fourth-order valence-corrected chi connectivity index (χ4v) is 4.40. The minimum absolute atomic E-state index is 0.191. The Morgan fingerprint density at radius 1 is 1.03 bits per heavy atom. The van der Waals surface area contributed by atoms with Crippen LogP contribution < -0.4 is 5.32 Å². The third-order valence-electron chi connectivity index (χ3n) is 6.14. The predicted molar refractivity (Wildman–Crippen MR) is 110 cm³/mol. The number of hydrogen-bond acceptors (Lipinski definition) is 5. The smallest absolute Gasteiger partial charge is 0.339 e. The van der Waals surface area contributed by atoms with Gasteiger partial charge in [-0.1, -0.05) is 48.5 Å². The molecule has 1 amide bonds. The number of benzene rings is 2. The molecule has 1 fully saturated rings. The monoisotopic (exact) mass is 403 g/mol. The molecule has 0 bridgehead atoms. The molecular weight excluding hydrogens is 382 g/mol. The number of H-pyrrole nitrogens is 1. The largest absolute Gasteiger partial charge is 0.451 e. The topological polar surface area (TPSA) is 104 Å². The van der Waals surface area contributed by atoms with Crippen LogP contribution in [0.25, 0.3) is 11.3 Å². The highest BCUT2D eigenvalue weighted by Gasteiger charge is 2.52. The van der Waals surface area contributed by atoms with Crippen molar-refractivity contribution >= 4 is 17.7 Å². The van der Waals surface area contributed by atoms with Gasteiger partial charge in [-0.15, -0.1) is 0 Å². The third kappa shape index (κ3) is 2.98. The van der Waals surface area contributed by atoms with E-state index in [1.807, 2.05) is 42.5 Å². The second-order valence-corrected chi connectivity index (χ2v) is 7.95. The van der Waals surface area contributed by atoms with Crippen LogP contribution in [0.4, 0.5) is 5.82 Å². The van der Waals surface area contributed by atoms with Crippen LogP contribution in [-0.2, 0) is 15.1 Å². The Bertz CT molecular complexity index is 1110. The summed E-state index contributed by atoms with van der Waals surface area (Å²) in [7, 11) is 0. The van der Waals surface area contributed by atoms with Gasteiger partial charge in [0.2, 0.25) is 0 Å². The average Bonchev–Trinajstić information content (AvgIpc) is 3.35. The van der Waals surface area contributed by atoms with E-state index in [4.69, 9.17) is 4.74 Å². The molecule has 1 spiro atoms. The van der Waals surface area contributed by atoms with Gasteiger partial charge in [0.1, 0.15) is 11.2 Å². The molecular formula is C23H21N3O4. The summed E-state index contributed by atoms with van der Waals surface area (Å²) >= 11 is 0. The summed E-state index contributed by atoms with van der Waals surface area (Å²) in [5.41, 5.74) is 0.837. The zero-order valence-electron chi connectivity index (χ0n) is 16.2. The lowest BCUT2D eigenvalue weighted by Crippen LogP contribution is -2.49. The summed E-state index contributed by atoms with van der Waals surface area (Å²) in [5.74, 6) is -0.489. The maximum Gasteiger partial charge on any atom is 0.339 e. The van der Waals surface area contributed by atoms with Crippen LogP contribution in [0.3, 0.4) is 0 Å². The summed E-state index contributed by atoms with van der Waals surface area (Å²) in [4.78, 5) is 25.0. The Hall–Kier alpha value is -3.45. The summed E-state index contributed by atoms with van der Waals surface area (Å²) in [6, 6.07) is 18.7. The minimum Gasteiger partial charge on any atom is -0.451 e. The zero-order valence-corrected chi connectivity index (χ0v) is 16.2. The van der Waals surface area contributed by atoms with E-state index >= 15 is 0 Å². The minimum atomic E-state index is -1.54. The Morgan fingerprint density at radius 2 is 1.73 bits per heavy atom.